The van der Waals surface area contributed by atoms with Crippen LogP contribution in [0.5, 0.6) is 0 Å². The highest BCUT2D eigenvalue weighted by Crippen LogP contribution is 2.26. The molecule has 1 aliphatic heterocycles. The summed E-state index contributed by atoms with van der Waals surface area (Å²) >= 11 is 1.54. The fraction of sp³-hybridized carbons (Fsp3) is 0.227. The van der Waals surface area contributed by atoms with Crippen molar-refractivity contribution in [1.29, 1.82) is 0 Å². The lowest BCUT2D eigenvalue weighted by Crippen LogP contribution is -2.57. The van der Waals surface area contributed by atoms with Crippen LogP contribution in [0.25, 0.3) is 21.3 Å². The molecular formula is C22H21N7OS. The van der Waals surface area contributed by atoms with Crippen LogP contribution < -0.4 is 10.2 Å². The molecule has 0 unspecified atom stereocenters. The van der Waals surface area contributed by atoms with Crippen molar-refractivity contribution >= 4 is 39.7 Å². The van der Waals surface area contributed by atoms with Crippen LogP contribution in [-0.4, -0.2) is 64.0 Å². The van der Waals surface area contributed by atoms with Crippen molar-refractivity contribution in [3.8, 4) is 10.6 Å². The van der Waals surface area contributed by atoms with Crippen molar-refractivity contribution < 1.29 is 4.79 Å². The van der Waals surface area contributed by atoms with Crippen molar-refractivity contribution in [2.24, 2.45) is 0 Å². The average Bonchev–Trinajstić information content (AvgIpc) is 3.27. The number of hydrogen-bond acceptors (Lipinski definition) is 8. The molecule has 156 valence electrons. The van der Waals surface area contributed by atoms with Crippen molar-refractivity contribution in [3.05, 3.63) is 60.1 Å². The number of pyridine rings is 3. The maximum Gasteiger partial charge on any atom is 0.257 e. The zero-order chi connectivity index (χ0) is 21.4. The first-order chi connectivity index (χ1) is 15.1. The molecule has 5 rings (SSSR count). The summed E-state index contributed by atoms with van der Waals surface area (Å²) in [5.41, 5.74) is 3.19. The van der Waals surface area contributed by atoms with E-state index >= 15 is 0 Å². The van der Waals surface area contributed by atoms with E-state index in [1.54, 1.807) is 36.4 Å². The van der Waals surface area contributed by atoms with E-state index in [1.165, 1.54) is 11.3 Å². The summed E-state index contributed by atoms with van der Waals surface area (Å²) < 4.78 is 0. The molecule has 0 atom stereocenters. The van der Waals surface area contributed by atoms with Gasteiger partial charge in [-0.25, -0.2) is 9.97 Å². The normalized spacial score (nSPS) is 14.1. The van der Waals surface area contributed by atoms with Gasteiger partial charge in [0.1, 0.15) is 11.6 Å². The van der Waals surface area contributed by atoms with E-state index in [-0.39, 0.29) is 5.91 Å². The maximum atomic E-state index is 12.8. The number of hydrogen-bond donors (Lipinski definition) is 1. The third kappa shape index (κ3) is 3.97. The highest BCUT2D eigenvalue weighted by Gasteiger charge is 2.29. The standard InChI is InChI=1S/C22H21N7OS/c1-28(2)17-11-29(12-17)21-7-14(3-4-24-21)22(30)27-20-6-15-5-18(19-10-23-13-31-19)25-8-16(15)9-26-20/h3-10,13,17H,11-12H2,1-2H3,(H,26,27,30). The van der Waals surface area contributed by atoms with Crippen LogP contribution in [-0.2, 0) is 0 Å². The van der Waals surface area contributed by atoms with E-state index in [4.69, 9.17) is 0 Å². The Morgan fingerprint density at radius 2 is 1.94 bits per heavy atom. The van der Waals surface area contributed by atoms with Gasteiger partial charge in [0, 0.05) is 54.9 Å². The van der Waals surface area contributed by atoms with Crippen molar-refractivity contribution in [3.63, 3.8) is 0 Å². The van der Waals surface area contributed by atoms with E-state index in [0.29, 0.717) is 17.4 Å². The number of likely N-dealkylation sites (N-methyl/N-ethyl adjacent to an activating group) is 1. The van der Waals surface area contributed by atoms with Crippen LogP contribution in [0, 0.1) is 0 Å². The predicted molar refractivity (Wildman–Crippen MR) is 123 cm³/mol. The summed E-state index contributed by atoms with van der Waals surface area (Å²) in [6.45, 7) is 1.82. The van der Waals surface area contributed by atoms with E-state index in [0.717, 1.165) is 40.3 Å². The lowest BCUT2D eigenvalue weighted by Gasteiger charge is -2.43. The molecule has 1 saturated heterocycles. The molecule has 1 N–H and O–H groups in total. The average molecular weight is 432 g/mol. The highest BCUT2D eigenvalue weighted by atomic mass is 32.1. The monoisotopic (exact) mass is 431 g/mol. The molecule has 0 bridgehead atoms. The van der Waals surface area contributed by atoms with Gasteiger partial charge in [0.25, 0.3) is 5.91 Å². The summed E-state index contributed by atoms with van der Waals surface area (Å²) in [4.78, 5) is 35.6. The van der Waals surface area contributed by atoms with Crippen LogP contribution in [0.4, 0.5) is 11.6 Å². The summed E-state index contributed by atoms with van der Waals surface area (Å²) in [5.74, 6) is 1.10. The van der Waals surface area contributed by atoms with Crippen LogP contribution in [0.1, 0.15) is 10.4 Å². The second-order valence-corrected chi connectivity index (χ2v) is 8.62. The summed E-state index contributed by atoms with van der Waals surface area (Å²) in [6.07, 6.45) is 6.97. The number of rotatable bonds is 5. The second-order valence-electron chi connectivity index (χ2n) is 7.73. The van der Waals surface area contributed by atoms with Crippen molar-refractivity contribution in [2.45, 2.75) is 6.04 Å². The number of thiazole rings is 1. The minimum absolute atomic E-state index is 0.211. The zero-order valence-corrected chi connectivity index (χ0v) is 18.0. The molecule has 4 aromatic heterocycles. The fourth-order valence-corrected chi connectivity index (χ4v) is 4.06. The van der Waals surface area contributed by atoms with E-state index in [9.17, 15) is 4.79 Å². The van der Waals surface area contributed by atoms with Gasteiger partial charge >= 0.3 is 0 Å². The first kappa shape index (κ1) is 19.5. The Labute approximate surface area is 183 Å². The molecule has 31 heavy (non-hydrogen) atoms. The van der Waals surface area contributed by atoms with E-state index in [2.05, 4.69) is 49.1 Å². The van der Waals surface area contributed by atoms with Gasteiger partial charge in [0.2, 0.25) is 0 Å². The Bertz CT molecular complexity index is 1240. The smallest absolute Gasteiger partial charge is 0.257 e. The molecule has 1 aliphatic rings. The minimum Gasteiger partial charge on any atom is -0.353 e. The largest absolute Gasteiger partial charge is 0.353 e. The Hall–Kier alpha value is -3.43. The molecule has 9 heteroatoms. The van der Waals surface area contributed by atoms with Gasteiger partial charge in [-0.15, -0.1) is 11.3 Å². The molecule has 1 fully saturated rings. The first-order valence-corrected chi connectivity index (χ1v) is 10.8. The van der Waals surface area contributed by atoms with Crippen LogP contribution in [0.15, 0.2) is 54.6 Å². The third-order valence-corrected chi connectivity index (χ3v) is 6.25. The Morgan fingerprint density at radius 3 is 2.71 bits per heavy atom. The lowest BCUT2D eigenvalue weighted by atomic mass is 10.1. The first-order valence-electron chi connectivity index (χ1n) is 9.90. The number of amides is 1. The Kier molecular flexibility index (Phi) is 5.05. The number of carbonyl (C=O) groups is 1. The number of nitrogens with one attached hydrogen (secondary N) is 1. The number of anilines is 2. The molecule has 1 amide bonds. The Balaban J connectivity index is 1.34. The van der Waals surface area contributed by atoms with Gasteiger partial charge in [-0.3, -0.25) is 14.8 Å². The van der Waals surface area contributed by atoms with Gasteiger partial charge in [-0.1, -0.05) is 0 Å². The second kappa shape index (κ2) is 8.01. The predicted octanol–water partition coefficient (Wildman–Crippen LogP) is 3.15. The number of carbonyl (C=O) groups excluding carboxylic acids is 1. The number of aromatic nitrogens is 4. The van der Waals surface area contributed by atoms with E-state index < -0.39 is 0 Å². The molecule has 0 saturated carbocycles. The van der Waals surface area contributed by atoms with Gasteiger partial charge in [-0.05, 0) is 43.7 Å². The molecule has 0 radical (unpaired) electrons. The Morgan fingerprint density at radius 1 is 1.10 bits per heavy atom. The SMILES string of the molecule is CN(C)C1CN(c2cc(C(=O)Nc3cc4cc(-c5cncs5)ncc4cn3)ccn2)C1. The molecule has 8 nitrogen and oxygen atoms in total. The fourth-order valence-electron chi connectivity index (χ4n) is 3.47. The summed E-state index contributed by atoms with van der Waals surface area (Å²) in [7, 11) is 4.15. The molecule has 0 aliphatic carbocycles. The summed E-state index contributed by atoms with van der Waals surface area (Å²) in [5, 5.41) is 4.76. The molecule has 5 heterocycles. The lowest BCUT2D eigenvalue weighted by molar-refractivity contribution is 0.102. The van der Waals surface area contributed by atoms with Gasteiger partial charge in [0.05, 0.1) is 16.1 Å². The third-order valence-electron chi connectivity index (χ3n) is 5.45. The van der Waals surface area contributed by atoms with Gasteiger partial charge < -0.3 is 15.1 Å². The van der Waals surface area contributed by atoms with Gasteiger partial charge in [-0.2, -0.15) is 0 Å². The summed E-state index contributed by atoms with van der Waals surface area (Å²) in [6, 6.07) is 7.91. The van der Waals surface area contributed by atoms with Crippen molar-refractivity contribution in [1.82, 2.24) is 24.8 Å². The maximum absolute atomic E-state index is 12.8. The number of nitrogens with zero attached hydrogens (tertiary/aromatic N) is 6. The molecular weight excluding hydrogens is 410 g/mol. The van der Waals surface area contributed by atoms with Crippen LogP contribution >= 0.6 is 11.3 Å². The molecule has 4 aromatic rings. The quantitative estimate of drug-likeness (QED) is 0.519. The highest BCUT2D eigenvalue weighted by molar-refractivity contribution is 7.13. The minimum atomic E-state index is -0.211. The van der Waals surface area contributed by atoms with Gasteiger partial charge in [0.15, 0.2) is 0 Å². The number of fused-ring (bicyclic) bond motifs is 1. The topological polar surface area (TPSA) is 87.1 Å². The van der Waals surface area contributed by atoms with Crippen LogP contribution in [0.2, 0.25) is 0 Å². The zero-order valence-electron chi connectivity index (χ0n) is 17.2. The van der Waals surface area contributed by atoms with Crippen LogP contribution in [0.3, 0.4) is 0 Å². The molecule has 0 aromatic carbocycles. The van der Waals surface area contributed by atoms with E-state index in [1.807, 2.05) is 18.2 Å². The molecule has 0 spiro atoms. The van der Waals surface area contributed by atoms with Crippen molar-refractivity contribution in [2.75, 3.05) is 37.4 Å².